The van der Waals surface area contributed by atoms with Crippen LogP contribution in [-0.2, 0) is 4.79 Å². The molecule has 1 aliphatic rings. The zero-order valence-electron chi connectivity index (χ0n) is 18.9. The number of nitrogens with zero attached hydrogens (tertiary/aromatic N) is 3. The average Bonchev–Trinajstić information content (AvgIpc) is 3.29. The first-order chi connectivity index (χ1) is 16.6. The van der Waals surface area contributed by atoms with Gasteiger partial charge in [-0.1, -0.05) is 71.9 Å². The minimum absolute atomic E-state index is 0.109. The van der Waals surface area contributed by atoms with E-state index in [0.29, 0.717) is 23.3 Å². The first-order valence-corrected chi connectivity index (χ1v) is 12.0. The highest BCUT2D eigenvalue weighted by Gasteiger charge is 2.38. The summed E-state index contributed by atoms with van der Waals surface area (Å²) in [5.41, 5.74) is 7.36. The Bertz CT molecular complexity index is 1270. The first kappa shape index (κ1) is 22.0. The smallest absolute Gasteiger partial charge is 0.240 e. The quantitative estimate of drug-likeness (QED) is 0.410. The lowest BCUT2D eigenvalue weighted by molar-refractivity contribution is -0.116. The van der Waals surface area contributed by atoms with Crippen molar-refractivity contribution in [1.82, 2.24) is 14.9 Å². The van der Waals surface area contributed by atoms with Crippen LogP contribution in [0, 0.1) is 6.92 Å². The van der Waals surface area contributed by atoms with Crippen molar-refractivity contribution in [2.75, 3.05) is 17.3 Å². The van der Waals surface area contributed by atoms with Gasteiger partial charge in [0.1, 0.15) is 11.0 Å². The predicted octanol–water partition coefficient (Wildman–Crippen LogP) is 5.05. The molecule has 1 aliphatic heterocycles. The Balaban J connectivity index is 1.46. The zero-order chi connectivity index (χ0) is 23.5. The minimum Gasteiger partial charge on any atom is -0.494 e. The van der Waals surface area contributed by atoms with Crippen molar-refractivity contribution in [3.63, 3.8) is 0 Å². The number of carbonyl (C=O) groups excluding carboxylic acids is 1. The lowest BCUT2D eigenvalue weighted by Crippen LogP contribution is -2.41. The summed E-state index contributed by atoms with van der Waals surface area (Å²) in [7, 11) is 0. The highest BCUT2D eigenvalue weighted by Crippen LogP contribution is 2.39. The highest BCUT2D eigenvalue weighted by atomic mass is 32.2. The molecule has 0 bridgehead atoms. The molecule has 0 saturated heterocycles. The largest absolute Gasteiger partial charge is 0.494 e. The van der Waals surface area contributed by atoms with Gasteiger partial charge in [0.2, 0.25) is 11.1 Å². The van der Waals surface area contributed by atoms with Crippen LogP contribution >= 0.6 is 11.8 Å². The molecular weight excluding hydrogens is 446 g/mol. The highest BCUT2D eigenvalue weighted by molar-refractivity contribution is 8.00. The fourth-order valence-electron chi connectivity index (χ4n) is 3.87. The SMILES string of the molecule is CCOc1ccc(NC(=O)[C@@H]2Sc3nnc(-c4ccccc4)n3N[C@@H]2c2ccc(C)cc2)cc1. The first-order valence-electron chi connectivity index (χ1n) is 11.2. The molecule has 2 N–H and O–H groups in total. The van der Waals surface area contributed by atoms with Gasteiger partial charge < -0.3 is 15.5 Å². The summed E-state index contributed by atoms with van der Waals surface area (Å²) in [6.45, 7) is 4.59. The molecule has 1 aromatic heterocycles. The Morgan fingerprint density at radius 1 is 1.03 bits per heavy atom. The normalized spacial score (nSPS) is 16.9. The van der Waals surface area contributed by atoms with Gasteiger partial charge in [0.15, 0.2) is 5.82 Å². The van der Waals surface area contributed by atoms with E-state index in [9.17, 15) is 4.79 Å². The number of fused-ring (bicyclic) bond motifs is 1. The average molecular weight is 472 g/mol. The monoisotopic (exact) mass is 471 g/mol. The molecule has 7 nitrogen and oxygen atoms in total. The van der Waals surface area contributed by atoms with Crippen LogP contribution in [0.5, 0.6) is 5.75 Å². The maximum absolute atomic E-state index is 13.5. The molecule has 0 aliphatic carbocycles. The van der Waals surface area contributed by atoms with Crippen LogP contribution in [0.3, 0.4) is 0 Å². The van der Waals surface area contributed by atoms with Crippen LogP contribution in [0.15, 0.2) is 84.0 Å². The molecule has 3 aromatic carbocycles. The Hall–Kier alpha value is -3.78. The molecule has 2 heterocycles. The minimum atomic E-state index is -0.449. The van der Waals surface area contributed by atoms with Crippen LogP contribution in [0.4, 0.5) is 5.69 Å². The standard InChI is InChI=1S/C26H25N5O2S/c1-3-33-21-15-13-20(14-16-21)27-25(32)23-22(18-11-9-17(2)10-12-18)30-31-24(28-29-26(31)34-23)19-7-5-4-6-8-19/h4-16,22-23,30H,3H2,1-2H3,(H,27,32)/t22-,23-/m1/s1. The van der Waals surface area contributed by atoms with Crippen LogP contribution in [0.25, 0.3) is 11.4 Å². The molecule has 0 unspecified atom stereocenters. The Morgan fingerprint density at radius 3 is 2.47 bits per heavy atom. The summed E-state index contributed by atoms with van der Waals surface area (Å²) < 4.78 is 7.38. The van der Waals surface area contributed by atoms with Gasteiger partial charge in [0.25, 0.3) is 0 Å². The Kier molecular flexibility index (Phi) is 6.22. The van der Waals surface area contributed by atoms with Gasteiger partial charge in [0.05, 0.1) is 12.6 Å². The predicted molar refractivity (Wildman–Crippen MR) is 135 cm³/mol. The van der Waals surface area contributed by atoms with Gasteiger partial charge in [-0.15, -0.1) is 10.2 Å². The van der Waals surface area contributed by atoms with Crippen molar-refractivity contribution < 1.29 is 9.53 Å². The van der Waals surface area contributed by atoms with Gasteiger partial charge in [-0.05, 0) is 43.7 Å². The third-order valence-corrected chi connectivity index (χ3v) is 6.81. The number of rotatable bonds is 6. The maximum atomic E-state index is 13.5. The maximum Gasteiger partial charge on any atom is 0.240 e. The molecule has 172 valence electrons. The molecule has 0 saturated carbocycles. The van der Waals surface area contributed by atoms with E-state index in [1.807, 2.05) is 73.1 Å². The van der Waals surface area contributed by atoms with Gasteiger partial charge in [0, 0.05) is 11.3 Å². The molecule has 34 heavy (non-hydrogen) atoms. The van der Waals surface area contributed by atoms with E-state index in [-0.39, 0.29) is 11.9 Å². The summed E-state index contributed by atoms with van der Waals surface area (Å²) in [6.07, 6.45) is 0. The summed E-state index contributed by atoms with van der Waals surface area (Å²) >= 11 is 1.41. The third-order valence-electron chi connectivity index (χ3n) is 5.60. The number of amides is 1. The third kappa shape index (κ3) is 4.49. The number of aromatic nitrogens is 3. The molecule has 0 spiro atoms. The number of nitrogens with one attached hydrogen (secondary N) is 2. The second-order valence-electron chi connectivity index (χ2n) is 8.01. The summed E-state index contributed by atoms with van der Waals surface area (Å²) in [6, 6.07) is 25.3. The van der Waals surface area contributed by atoms with E-state index >= 15 is 0 Å². The summed E-state index contributed by atoms with van der Waals surface area (Å²) in [4.78, 5) is 13.5. The van der Waals surface area contributed by atoms with E-state index in [0.717, 1.165) is 22.4 Å². The topological polar surface area (TPSA) is 81.1 Å². The van der Waals surface area contributed by atoms with Crippen molar-refractivity contribution in [3.8, 4) is 17.1 Å². The molecule has 5 rings (SSSR count). The van der Waals surface area contributed by atoms with Gasteiger partial charge in [-0.2, -0.15) is 0 Å². The van der Waals surface area contributed by atoms with Crippen LogP contribution in [0.2, 0.25) is 0 Å². The molecule has 8 heteroatoms. The van der Waals surface area contributed by atoms with Gasteiger partial charge in [-0.3, -0.25) is 4.79 Å². The summed E-state index contributed by atoms with van der Waals surface area (Å²) in [5, 5.41) is 12.0. The fourth-order valence-corrected chi connectivity index (χ4v) is 4.95. The van der Waals surface area contributed by atoms with Crippen molar-refractivity contribution in [2.45, 2.75) is 30.3 Å². The lowest BCUT2D eigenvalue weighted by Gasteiger charge is -2.33. The number of hydrogen-bond donors (Lipinski definition) is 2. The number of carbonyl (C=O) groups is 1. The van der Waals surface area contributed by atoms with Crippen LogP contribution in [-0.4, -0.2) is 32.6 Å². The van der Waals surface area contributed by atoms with E-state index in [2.05, 4.69) is 45.2 Å². The molecule has 0 fully saturated rings. The van der Waals surface area contributed by atoms with Gasteiger partial charge in [-0.25, -0.2) is 4.68 Å². The van der Waals surface area contributed by atoms with E-state index in [1.165, 1.54) is 11.8 Å². The van der Waals surface area contributed by atoms with Crippen LogP contribution in [0.1, 0.15) is 24.1 Å². The molecule has 2 atom stereocenters. The number of ether oxygens (including phenoxy) is 1. The molecule has 1 amide bonds. The van der Waals surface area contributed by atoms with Crippen molar-refractivity contribution in [2.24, 2.45) is 0 Å². The van der Waals surface area contributed by atoms with Crippen molar-refractivity contribution in [3.05, 3.63) is 90.0 Å². The van der Waals surface area contributed by atoms with E-state index in [1.54, 1.807) is 0 Å². The molecule has 4 aromatic rings. The fraction of sp³-hybridized carbons (Fsp3) is 0.192. The number of benzene rings is 3. The van der Waals surface area contributed by atoms with E-state index < -0.39 is 5.25 Å². The van der Waals surface area contributed by atoms with Gasteiger partial charge >= 0.3 is 0 Å². The Labute approximate surface area is 202 Å². The number of hydrogen-bond acceptors (Lipinski definition) is 6. The van der Waals surface area contributed by atoms with E-state index in [4.69, 9.17) is 4.74 Å². The zero-order valence-corrected chi connectivity index (χ0v) is 19.8. The van der Waals surface area contributed by atoms with Crippen molar-refractivity contribution >= 4 is 23.4 Å². The summed E-state index contributed by atoms with van der Waals surface area (Å²) in [5.74, 6) is 1.38. The molecular formula is C26H25N5O2S. The lowest BCUT2D eigenvalue weighted by atomic mass is 10.0. The Morgan fingerprint density at radius 2 is 1.76 bits per heavy atom. The second kappa shape index (κ2) is 9.61. The number of aryl methyl sites for hydroxylation is 1. The molecule has 0 radical (unpaired) electrons. The number of thioether (sulfide) groups is 1. The van der Waals surface area contributed by atoms with Crippen LogP contribution < -0.4 is 15.5 Å². The second-order valence-corrected chi connectivity index (χ2v) is 9.12. The number of anilines is 1. The van der Waals surface area contributed by atoms with Crippen molar-refractivity contribution in [1.29, 1.82) is 0 Å².